The van der Waals surface area contributed by atoms with Crippen LogP contribution in [0.2, 0.25) is 5.02 Å². The second kappa shape index (κ2) is 4.02. The minimum Gasteiger partial charge on any atom is -0.396 e. The van der Waals surface area contributed by atoms with Gasteiger partial charge in [0.05, 0.1) is 29.5 Å². The van der Waals surface area contributed by atoms with E-state index in [0.717, 1.165) is 0 Å². The summed E-state index contributed by atoms with van der Waals surface area (Å²) < 4.78 is 0. The molecule has 1 saturated heterocycles. The maximum Gasteiger partial charge on any atom is 0.246 e. The van der Waals surface area contributed by atoms with Gasteiger partial charge in [-0.3, -0.25) is 14.9 Å². The number of hydrogen-bond acceptors (Lipinski definition) is 4. The molecule has 1 aromatic rings. The van der Waals surface area contributed by atoms with E-state index in [1.54, 1.807) is 23.1 Å². The zero-order valence-electron chi connectivity index (χ0n) is 8.37. The highest BCUT2D eigenvalue weighted by molar-refractivity contribution is 6.33. The van der Waals surface area contributed by atoms with Gasteiger partial charge in [0.1, 0.15) is 0 Å². The van der Waals surface area contributed by atoms with E-state index < -0.39 is 0 Å². The van der Waals surface area contributed by atoms with Gasteiger partial charge >= 0.3 is 0 Å². The smallest absolute Gasteiger partial charge is 0.246 e. The molecule has 2 amide bonds. The van der Waals surface area contributed by atoms with Crippen molar-refractivity contribution >= 4 is 34.8 Å². The molecule has 1 aromatic carbocycles. The summed E-state index contributed by atoms with van der Waals surface area (Å²) in [5, 5.41) is 2.63. The highest BCUT2D eigenvalue weighted by Gasteiger charge is 2.24. The Hall–Kier alpha value is -1.75. The maximum atomic E-state index is 11.2. The number of rotatable bonds is 1. The highest BCUT2D eigenvalue weighted by Crippen LogP contribution is 2.30. The quantitative estimate of drug-likeness (QED) is 0.549. The molecule has 0 atom stereocenters. The molecule has 0 saturated carbocycles. The van der Waals surface area contributed by atoms with E-state index in [9.17, 15) is 9.59 Å². The molecule has 0 bridgehead atoms. The van der Waals surface area contributed by atoms with Gasteiger partial charge in [0, 0.05) is 0 Å². The minimum atomic E-state index is -0.337. The SMILES string of the molecule is Nc1c(Cl)cccc1N1CC(=O)NC(=O)C1. The first kappa shape index (κ1) is 10.8. The Bertz CT molecular complexity index is 445. The minimum absolute atomic E-state index is 0.107. The summed E-state index contributed by atoms with van der Waals surface area (Å²) in [6.07, 6.45) is 0. The number of nitrogens with one attached hydrogen (secondary N) is 1. The first-order chi connectivity index (χ1) is 7.58. The lowest BCUT2D eigenvalue weighted by Crippen LogP contribution is -2.51. The predicted octanol–water partition coefficient (Wildman–Crippen LogP) is 0.385. The van der Waals surface area contributed by atoms with Crippen LogP contribution in [0.3, 0.4) is 0 Å². The van der Waals surface area contributed by atoms with Crippen molar-refractivity contribution in [3.63, 3.8) is 0 Å². The van der Waals surface area contributed by atoms with Gasteiger partial charge in [0.15, 0.2) is 0 Å². The van der Waals surface area contributed by atoms with Crippen molar-refractivity contribution < 1.29 is 9.59 Å². The van der Waals surface area contributed by atoms with Crippen LogP contribution in [-0.4, -0.2) is 24.9 Å². The van der Waals surface area contributed by atoms with Gasteiger partial charge in [-0.15, -0.1) is 0 Å². The van der Waals surface area contributed by atoms with Crippen molar-refractivity contribution in [2.75, 3.05) is 23.7 Å². The van der Waals surface area contributed by atoms with Gasteiger partial charge in [-0.1, -0.05) is 17.7 Å². The number of hydrogen-bond donors (Lipinski definition) is 2. The molecule has 6 heteroatoms. The molecule has 0 radical (unpaired) electrons. The molecule has 0 unspecified atom stereocenters. The van der Waals surface area contributed by atoms with Crippen molar-refractivity contribution in [1.82, 2.24) is 5.32 Å². The molecule has 0 aromatic heterocycles. The third kappa shape index (κ3) is 1.94. The fourth-order valence-corrected chi connectivity index (χ4v) is 1.78. The summed E-state index contributed by atoms with van der Waals surface area (Å²) in [6, 6.07) is 5.12. The number of nitrogen functional groups attached to an aromatic ring is 1. The van der Waals surface area contributed by atoms with Crippen LogP contribution in [0.4, 0.5) is 11.4 Å². The number of halogens is 1. The van der Waals surface area contributed by atoms with Crippen LogP contribution in [0.1, 0.15) is 0 Å². The van der Waals surface area contributed by atoms with Crippen LogP contribution >= 0.6 is 11.6 Å². The molecule has 16 heavy (non-hydrogen) atoms. The fourth-order valence-electron chi connectivity index (χ4n) is 1.61. The maximum absolute atomic E-state index is 11.2. The number of carbonyl (C=O) groups is 2. The second-order valence-electron chi connectivity index (χ2n) is 3.50. The Labute approximate surface area is 97.2 Å². The summed E-state index contributed by atoms with van der Waals surface area (Å²) in [5.41, 5.74) is 6.78. The molecule has 3 N–H and O–H groups in total. The Balaban J connectivity index is 2.33. The van der Waals surface area contributed by atoms with E-state index in [4.69, 9.17) is 17.3 Å². The molecule has 1 aliphatic heterocycles. The molecule has 0 spiro atoms. The summed E-state index contributed by atoms with van der Waals surface area (Å²) >= 11 is 5.87. The Morgan fingerprint density at radius 3 is 2.50 bits per heavy atom. The number of anilines is 2. The Kier molecular flexibility index (Phi) is 2.70. The summed E-state index contributed by atoms with van der Waals surface area (Å²) in [4.78, 5) is 24.0. The lowest BCUT2D eigenvalue weighted by atomic mass is 10.2. The van der Waals surface area contributed by atoms with Gasteiger partial charge < -0.3 is 10.6 Å². The van der Waals surface area contributed by atoms with E-state index in [0.29, 0.717) is 16.4 Å². The third-order valence-electron chi connectivity index (χ3n) is 2.32. The molecule has 5 nitrogen and oxygen atoms in total. The molecule has 0 aliphatic carbocycles. The lowest BCUT2D eigenvalue weighted by Gasteiger charge is -2.28. The third-order valence-corrected chi connectivity index (χ3v) is 2.65. The van der Waals surface area contributed by atoms with Crippen molar-refractivity contribution in [3.8, 4) is 0 Å². The molecule has 2 rings (SSSR count). The van der Waals surface area contributed by atoms with Crippen LogP contribution < -0.4 is 16.0 Å². The summed E-state index contributed by atoms with van der Waals surface area (Å²) in [6.45, 7) is 0.215. The number of para-hydroxylation sites is 1. The molecule has 1 heterocycles. The van der Waals surface area contributed by atoms with E-state index >= 15 is 0 Å². The van der Waals surface area contributed by atoms with Crippen LogP contribution in [0.5, 0.6) is 0 Å². The normalized spacial score (nSPS) is 16.2. The summed E-state index contributed by atoms with van der Waals surface area (Å²) in [7, 11) is 0. The number of nitrogens with zero attached hydrogens (tertiary/aromatic N) is 1. The van der Waals surface area contributed by atoms with Crippen LogP contribution in [-0.2, 0) is 9.59 Å². The largest absolute Gasteiger partial charge is 0.396 e. The monoisotopic (exact) mass is 239 g/mol. The molecule has 1 aliphatic rings. The van der Waals surface area contributed by atoms with Gasteiger partial charge in [0.25, 0.3) is 0 Å². The van der Waals surface area contributed by atoms with E-state index in [-0.39, 0.29) is 24.9 Å². The van der Waals surface area contributed by atoms with Crippen LogP contribution in [0.15, 0.2) is 18.2 Å². The van der Waals surface area contributed by atoms with Crippen molar-refractivity contribution in [1.29, 1.82) is 0 Å². The zero-order chi connectivity index (χ0) is 11.7. The van der Waals surface area contributed by atoms with Crippen LogP contribution in [0.25, 0.3) is 0 Å². The van der Waals surface area contributed by atoms with Crippen LogP contribution in [0, 0.1) is 0 Å². The molecule has 84 valence electrons. The van der Waals surface area contributed by atoms with Gasteiger partial charge in [-0.25, -0.2) is 0 Å². The topological polar surface area (TPSA) is 75.4 Å². The first-order valence-electron chi connectivity index (χ1n) is 4.69. The number of imide groups is 1. The summed E-state index contributed by atoms with van der Waals surface area (Å²) in [5.74, 6) is -0.675. The molecule has 1 fully saturated rings. The number of piperazine rings is 1. The Morgan fingerprint density at radius 2 is 1.88 bits per heavy atom. The van der Waals surface area contributed by atoms with E-state index in [1.165, 1.54) is 0 Å². The predicted molar refractivity (Wildman–Crippen MR) is 61.2 cm³/mol. The average molecular weight is 240 g/mol. The fraction of sp³-hybridized carbons (Fsp3) is 0.200. The van der Waals surface area contributed by atoms with Gasteiger partial charge in [-0.05, 0) is 12.1 Å². The standard InChI is InChI=1S/C10H10ClN3O2/c11-6-2-1-3-7(10(6)12)14-4-8(15)13-9(16)5-14/h1-3H,4-5,12H2,(H,13,15,16). The highest BCUT2D eigenvalue weighted by atomic mass is 35.5. The lowest BCUT2D eigenvalue weighted by molar-refractivity contribution is -0.130. The first-order valence-corrected chi connectivity index (χ1v) is 5.07. The number of amides is 2. The van der Waals surface area contributed by atoms with Crippen molar-refractivity contribution in [2.45, 2.75) is 0 Å². The van der Waals surface area contributed by atoms with Crippen molar-refractivity contribution in [2.24, 2.45) is 0 Å². The number of carbonyl (C=O) groups excluding carboxylic acids is 2. The Morgan fingerprint density at radius 1 is 1.25 bits per heavy atom. The molecular weight excluding hydrogens is 230 g/mol. The number of benzene rings is 1. The zero-order valence-corrected chi connectivity index (χ0v) is 9.12. The van der Waals surface area contributed by atoms with E-state index in [2.05, 4.69) is 5.32 Å². The second-order valence-corrected chi connectivity index (χ2v) is 3.91. The van der Waals surface area contributed by atoms with Gasteiger partial charge in [0.2, 0.25) is 11.8 Å². The van der Waals surface area contributed by atoms with Gasteiger partial charge in [-0.2, -0.15) is 0 Å². The van der Waals surface area contributed by atoms with E-state index in [1.807, 2.05) is 0 Å². The van der Waals surface area contributed by atoms with Crippen molar-refractivity contribution in [3.05, 3.63) is 23.2 Å². The molecular formula is C10H10ClN3O2. The average Bonchev–Trinajstić information content (AvgIpc) is 2.20. The number of nitrogens with two attached hydrogens (primary N) is 1.